The van der Waals surface area contributed by atoms with Crippen LogP contribution in [0.2, 0.25) is 0 Å². The van der Waals surface area contributed by atoms with Crippen molar-refractivity contribution in [3.8, 4) is 5.88 Å². The highest BCUT2D eigenvalue weighted by Gasteiger charge is 2.21. The Morgan fingerprint density at radius 3 is 2.87 bits per heavy atom. The van der Waals surface area contributed by atoms with Gasteiger partial charge in [0.15, 0.2) is 5.82 Å². The van der Waals surface area contributed by atoms with E-state index in [2.05, 4.69) is 29.0 Å². The first-order valence-corrected chi connectivity index (χ1v) is 7.64. The van der Waals surface area contributed by atoms with Crippen LogP contribution in [0.1, 0.15) is 42.8 Å². The smallest absolute Gasteiger partial charge is 0.259 e. The highest BCUT2D eigenvalue weighted by atomic mass is 16.5. The van der Waals surface area contributed by atoms with Gasteiger partial charge in [-0.3, -0.25) is 4.79 Å². The average molecular weight is 318 g/mol. The summed E-state index contributed by atoms with van der Waals surface area (Å²) in [7, 11) is 1.49. The van der Waals surface area contributed by atoms with Crippen molar-refractivity contribution in [2.45, 2.75) is 33.7 Å². The van der Waals surface area contributed by atoms with E-state index in [1.807, 2.05) is 6.92 Å². The summed E-state index contributed by atoms with van der Waals surface area (Å²) in [6.45, 7) is 6.87. The van der Waals surface area contributed by atoms with E-state index in [9.17, 15) is 4.79 Å². The van der Waals surface area contributed by atoms with E-state index in [0.717, 1.165) is 6.42 Å². The number of nitrogens with zero attached hydrogens (tertiary/aromatic N) is 4. The Hall–Kier alpha value is -2.44. The third-order valence-electron chi connectivity index (χ3n) is 3.29. The van der Waals surface area contributed by atoms with Crippen molar-refractivity contribution in [3.63, 3.8) is 0 Å². The third kappa shape index (κ3) is 4.28. The summed E-state index contributed by atoms with van der Waals surface area (Å²) < 4.78 is 10.4. The zero-order chi connectivity index (χ0) is 16.8. The number of pyridine rings is 1. The number of rotatable bonds is 7. The monoisotopic (exact) mass is 318 g/mol. The lowest BCUT2D eigenvalue weighted by Gasteiger charge is -2.19. The highest BCUT2D eigenvalue weighted by Crippen LogP contribution is 2.17. The number of carbonyl (C=O) groups excluding carboxylic acids is 1. The number of hydrogen-bond donors (Lipinski definition) is 0. The Morgan fingerprint density at radius 1 is 1.43 bits per heavy atom. The van der Waals surface area contributed by atoms with E-state index in [1.54, 1.807) is 23.2 Å². The molecule has 7 heteroatoms. The average Bonchev–Trinajstić information content (AvgIpc) is 2.98. The molecule has 0 radical (unpaired) electrons. The molecule has 0 bridgehead atoms. The van der Waals surface area contributed by atoms with Gasteiger partial charge in [0.1, 0.15) is 5.56 Å². The van der Waals surface area contributed by atoms with Crippen molar-refractivity contribution >= 4 is 5.91 Å². The topological polar surface area (TPSA) is 81.4 Å². The van der Waals surface area contributed by atoms with Crippen molar-refractivity contribution in [1.82, 2.24) is 20.0 Å². The summed E-state index contributed by atoms with van der Waals surface area (Å²) in [6, 6.07) is 3.40. The van der Waals surface area contributed by atoms with Gasteiger partial charge in [0, 0.05) is 19.2 Å². The van der Waals surface area contributed by atoms with Gasteiger partial charge in [-0.25, -0.2) is 4.98 Å². The van der Waals surface area contributed by atoms with Gasteiger partial charge < -0.3 is 14.2 Å². The van der Waals surface area contributed by atoms with E-state index < -0.39 is 0 Å². The molecule has 2 aromatic rings. The van der Waals surface area contributed by atoms with Gasteiger partial charge in [0.2, 0.25) is 11.8 Å². The van der Waals surface area contributed by atoms with E-state index in [1.165, 1.54) is 7.11 Å². The lowest BCUT2D eigenvalue weighted by atomic mass is 10.1. The van der Waals surface area contributed by atoms with Crippen LogP contribution in [0.25, 0.3) is 0 Å². The number of aromatic nitrogens is 3. The van der Waals surface area contributed by atoms with Gasteiger partial charge in [-0.2, -0.15) is 4.98 Å². The van der Waals surface area contributed by atoms with E-state index in [0.29, 0.717) is 35.6 Å². The van der Waals surface area contributed by atoms with Crippen molar-refractivity contribution < 1.29 is 14.1 Å². The fourth-order valence-electron chi connectivity index (χ4n) is 2.17. The van der Waals surface area contributed by atoms with Crippen molar-refractivity contribution in [3.05, 3.63) is 35.6 Å². The zero-order valence-corrected chi connectivity index (χ0v) is 13.9. The summed E-state index contributed by atoms with van der Waals surface area (Å²) in [4.78, 5) is 22.7. The first kappa shape index (κ1) is 16.9. The molecule has 0 aliphatic heterocycles. The molecular weight excluding hydrogens is 296 g/mol. The summed E-state index contributed by atoms with van der Waals surface area (Å²) in [5.74, 6) is 1.67. The van der Waals surface area contributed by atoms with E-state index in [-0.39, 0.29) is 12.5 Å². The molecule has 0 spiro atoms. The van der Waals surface area contributed by atoms with E-state index >= 15 is 0 Å². The number of hydrogen-bond acceptors (Lipinski definition) is 6. The maximum Gasteiger partial charge on any atom is 0.259 e. The van der Waals surface area contributed by atoms with Crippen LogP contribution < -0.4 is 4.74 Å². The van der Waals surface area contributed by atoms with Gasteiger partial charge in [-0.15, -0.1) is 0 Å². The molecule has 23 heavy (non-hydrogen) atoms. The fourth-order valence-corrected chi connectivity index (χ4v) is 2.17. The normalized spacial score (nSPS) is 10.8. The lowest BCUT2D eigenvalue weighted by molar-refractivity contribution is 0.0743. The quantitative estimate of drug-likeness (QED) is 0.779. The Labute approximate surface area is 135 Å². The Bertz CT molecular complexity index is 654. The Kier molecular flexibility index (Phi) is 5.67. The Balaban J connectivity index is 2.13. The summed E-state index contributed by atoms with van der Waals surface area (Å²) in [5, 5.41) is 3.95. The van der Waals surface area contributed by atoms with Gasteiger partial charge in [0.05, 0.1) is 13.7 Å². The molecule has 0 saturated heterocycles. The number of amides is 1. The van der Waals surface area contributed by atoms with Gasteiger partial charge >= 0.3 is 0 Å². The molecule has 2 aromatic heterocycles. The third-order valence-corrected chi connectivity index (χ3v) is 3.29. The molecule has 124 valence electrons. The molecule has 0 atom stereocenters. The lowest BCUT2D eigenvalue weighted by Crippen LogP contribution is -2.31. The molecular formula is C16H22N4O3. The van der Waals surface area contributed by atoms with Crippen molar-refractivity contribution in [1.29, 1.82) is 0 Å². The van der Waals surface area contributed by atoms with Crippen LogP contribution in [-0.4, -0.2) is 39.6 Å². The molecule has 0 aromatic carbocycles. The fraction of sp³-hybridized carbons (Fsp3) is 0.500. The molecule has 0 unspecified atom stereocenters. The van der Waals surface area contributed by atoms with Crippen LogP contribution in [-0.2, 0) is 13.0 Å². The maximum absolute atomic E-state index is 12.7. The molecule has 0 aliphatic rings. The summed E-state index contributed by atoms with van der Waals surface area (Å²) >= 11 is 0. The second kappa shape index (κ2) is 7.71. The van der Waals surface area contributed by atoms with Crippen LogP contribution in [0.3, 0.4) is 0 Å². The molecule has 0 aliphatic carbocycles. The SMILES string of the molecule is CCN(Cc1noc(CC(C)C)n1)C(=O)c1cccnc1OC. The molecule has 0 N–H and O–H groups in total. The molecule has 2 heterocycles. The van der Waals surface area contributed by atoms with Gasteiger partial charge in [-0.05, 0) is 25.0 Å². The van der Waals surface area contributed by atoms with Gasteiger partial charge in [0.25, 0.3) is 5.91 Å². The summed E-state index contributed by atoms with van der Waals surface area (Å²) in [6.07, 6.45) is 2.31. The zero-order valence-electron chi connectivity index (χ0n) is 13.9. The Morgan fingerprint density at radius 2 is 2.22 bits per heavy atom. The van der Waals surface area contributed by atoms with Gasteiger partial charge in [-0.1, -0.05) is 19.0 Å². The highest BCUT2D eigenvalue weighted by molar-refractivity contribution is 5.96. The van der Waals surface area contributed by atoms with Crippen LogP contribution in [0.5, 0.6) is 5.88 Å². The minimum absolute atomic E-state index is 0.173. The van der Waals surface area contributed by atoms with E-state index in [4.69, 9.17) is 9.26 Å². The second-order valence-electron chi connectivity index (χ2n) is 5.58. The second-order valence-corrected chi connectivity index (χ2v) is 5.58. The van der Waals surface area contributed by atoms with Crippen molar-refractivity contribution in [2.75, 3.05) is 13.7 Å². The predicted octanol–water partition coefficient (Wildman–Crippen LogP) is 2.33. The largest absolute Gasteiger partial charge is 0.480 e. The predicted molar refractivity (Wildman–Crippen MR) is 84.0 cm³/mol. The minimum Gasteiger partial charge on any atom is -0.480 e. The first-order chi connectivity index (χ1) is 11.0. The number of carbonyl (C=O) groups is 1. The molecule has 7 nitrogen and oxygen atoms in total. The molecule has 1 amide bonds. The standard InChI is InChI=1S/C16H22N4O3/c1-5-20(10-13-18-14(23-19-13)9-11(2)3)16(21)12-7-6-8-17-15(12)22-4/h6-8,11H,5,9-10H2,1-4H3. The van der Waals surface area contributed by atoms with Crippen molar-refractivity contribution in [2.24, 2.45) is 5.92 Å². The van der Waals surface area contributed by atoms with Crippen LogP contribution in [0, 0.1) is 5.92 Å². The van der Waals surface area contributed by atoms with Crippen LogP contribution in [0.4, 0.5) is 0 Å². The summed E-state index contributed by atoms with van der Waals surface area (Å²) in [5.41, 5.74) is 0.419. The number of methoxy groups -OCH3 is 1. The first-order valence-electron chi connectivity index (χ1n) is 7.64. The maximum atomic E-state index is 12.7. The number of ether oxygens (including phenoxy) is 1. The minimum atomic E-state index is -0.173. The van der Waals surface area contributed by atoms with Crippen LogP contribution >= 0.6 is 0 Å². The van der Waals surface area contributed by atoms with Crippen LogP contribution in [0.15, 0.2) is 22.9 Å². The molecule has 0 saturated carbocycles. The molecule has 0 fully saturated rings. The molecule has 2 rings (SSSR count).